The van der Waals surface area contributed by atoms with Crippen LogP contribution in [-0.4, -0.2) is 47.2 Å². The zero-order valence-corrected chi connectivity index (χ0v) is 26.8. The summed E-state index contributed by atoms with van der Waals surface area (Å²) < 4.78 is 26.6. The summed E-state index contributed by atoms with van der Waals surface area (Å²) in [4.78, 5) is 28.3. The summed E-state index contributed by atoms with van der Waals surface area (Å²) in [6.45, 7) is 9.17. The number of carboxylic acid groups (broad SMARTS) is 1. The number of aliphatic carboxylic acids is 1. The van der Waals surface area contributed by atoms with Gasteiger partial charge in [0.2, 0.25) is 0 Å². The van der Waals surface area contributed by atoms with Gasteiger partial charge in [-0.05, 0) is 37.1 Å². The van der Waals surface area contributed by atoms with Crippen molar-refractivity contribution in [1.29, 1.82) is 0 Å². The molecule has 10 nitrogen and oxygen atoms in total. The Morgan fingerprint density at radius 3 is 2.22 bits per heavy atom. The Kier molecular flexibility index (Phi) is 9.30. The molecular formula is C34H38N3O7P. The first-order valence-corrected chi connectivity index (χ1v) is 16.3. The molecule has 1 unspecified atom stereocenters. The molecule has 1 N–H and O–H groups in total. The Labute approximate surface area is 263 Å². The second-order valence-electron chi connectivity index (χ2n) is 12.2. The molecule has 2 aliphatic heterocycles. The SMILES string of the molecule is CC1=C(C(=O)O)C(c2cccc([N+](=O)[O-])c2)C(P2(=O)OCC(C)(C)CO2)=C(C)N1CCN(Cc1ccccc1)c1ccccc1. The molecule has 2 heterocycles. The fraction of sp³-hybridized carbons (Fsp3) is 0.324. The molecule has 0 aromatic heterocycles. The molecule has 11 heteroatoms. The van der Waals surface area contributed by atoms with E-state index in [1.165, 1.54) is 18.2 Å². The third-order valence-corrected chi connectivity index (χ3v) is 10.4. The quantitative estimate of drug-likeness (QED) is 0.137. The molecule has 0 radical (unpaired) electrons. The van der Waals surface area contributed by atoms with Crippen molar-refractivity contribution < 1.29 is 28.4 Å². The zero-order valence-electron chi connectivity index (χ0n) is 25.9. The summed E-state index contributed by atoms with van der Waals surface area (Å²) in [5.74, 6) is -2.30. The van der Waals surface area contributed by atoms with E-state index in [4.69, 9.17) is 9.05 Å². The number of nitrogens with zero attached hydrogens (tertiary/aromatic N) is 3. The van der Waals surface area contributed by atoms with Crippen LogP contribution in [0.3, 0.4) is 0 Å². The van der Waals surface area contributed by atoms with E-state index < -0.39 is 29.8 Å². The highest BCUT2D eigenvalue weighted by molar-refractivity contribution is 7.58. The van der Waals surface area contributed by atoms with Gasteiger partial charge in [-0.15, -0.1) is 0 Å². The van der Waals surface area contributed by atoms with E-state index in [1.54, 1.807) is 19.9 Å². The van der Waals surface area contributed by atoms with Crippen molar-refractivity contribution in [2.75, 3.05) is 31.2 Å². The van der Waals surface area contributed by atoms with Crippen molar-refractivity contribution in [3.05, 3.63) is 128 Å². The molecule has 1 atom stereocenters. The third-order valence-electron chi connectivity index (χ3n) is 8.25. The molecule has 5 rings (SSSR count). The number of nitro benzene ring substituents is 1. The van der Waals surface area contributed by atoms with Gasteiger partial charge in [-0.1, -0.05) is 74.5 Å². The number of benzene rings is 3. The minimum Gasteiger partial charge on any atom is -0.478 e. The first kappa shape index (κ1) is 32.2. The van der Waals surface area contributed by atoms with Crippen LogP contribution < -0.4 is 4.90 Å². The smallest absolute Gasteiger partial charge is 0.360 e. The normalized spacial score (nSPS) is 19.4. The highest BCUT2D eigenvalue weighted by Gasteiger charge is 2.49. The summed E-state index contributed by atoms with van der Waals surface area (Å²) in [6, 6.07) is 25.8. The molecule has 236 valence electrons. The molecule has 3 aromatic rings. The van der Waals surface area contributed by atoms with E-state index in [9.17, 15) is 24.6 Å². The maximum Gasteiger partial charge on any atom is 0.360 e. The van der Waals surface area contributed by atoms with Crippen molar-refractivity contribution in [1.82, 2.24) is 4.90 Å². The molecule has 0 saturated carbocycles. The second-order valence-corrected chi connectivity index (χ2v) is 14.2. The van der Waals surface area contributed by atoms with E-state index in [-0.39, 0.29) is 29.8 Å². The molecule has 3 aromatic carbocycles. The Balaban J connectivity index is 1.60. The lowest BCUT2D eigenvalue weighted by Gasteiger charge is -2.43. The van der Waals surface area contributed by atoms with Gasteiger partial charge >= 0.3 is 13.6 Å². The molecule has 0 bridgehead atoms. The lowest BCUT2D eigenvalue weighted by Crippen LogP contribution is -2.39. The van der Waals surface area contributed by atoms with E-state index in [1.807, 2.05) is 67.3 Å². The van der Waals surface area contributed by atoms with E-state index >= 15 is 0 Å². The van der Waals surface area contributed by atoms with E-state index in [0.717, 1.165) is 11.3 Å². The minimum absolute atomic E-state index is 0.0299. The second kappa shape index (κ2) is 13.0. The highest BCUT2D eigenvalue weighted by atomic mass is 31.2. The van der Waals surface area contributed by atoms with Crippen LogP contribution in [-0.2, 0) is 25.0 Å². The van der Waals surface area contributed by atoms with Gasteiger partial charge < -0.3 is 24.0 Å². The predicted octanol–water partition coefficient (Wildman–Crippen LogP) is 7.56. The Morgan fingerprint density at radius 1 is 1.00 bits per heavy atom. The van der Waals surface area contributed by atoms with Crippen molar-refractivity contribution in [2.45, 2.75) is 40.2 Å². The van der Waals surface area contributed by atoms with Crippen LogP contribution >= 0.6 is 7.60 Å². The highest BCUT2D eigenvalue weighted by Crippen LogP contribution is 2.67. The number of carboxylic acids is 1. The largest absolute Gasteiger partial charge is 0.478 e. The van der Waals surface area contributed by atoms with Crippen LogP contribution in [0.4, 0.5) is 11.4 Å². The molecule has 0 spiro atoms. The molecule has 1 saturated heterocycles. The van der Waals surface area contributed by atoms with Gasteiger partial charge in [-0.3, -0.25) is 14.7 Å². The van der Waals surface area contributed by atoms with Crippen molar-refractivity contribution in [2.24, 2.45) is 5.41 Å². The number of carbonyl (C=O) groups is 1. The fourth-order valence-corrected chi connectivity index (χ4v) is 8.41. The predicted molar refractivity (Wildman–Crippen MR) is 173 cm³/mol. The number of para-hydroxylation sites is 1. The number of anilines is 1. The average molecular weight is 632 g/mol. The number of rotatable bonds is 10. The van der Waals surface area contributed by atoms with Gasteiger partial charge in [0.05, 0.1) is 34.9 Å². The summed E-state index contributed by atoms with van der Waals surface area (Å²) in [5, 5.41) is 22.5. The summed E-state index contributed by atoms with van der Waals surface area (Å²) in [5.41, 5.74) is 2.83. The van der Waals surface area contributed by atoms with Crippen LogP contribution in [0.15, 0.2) is 107 Å². The Hall–Kier alpha value is -4.24. The van der Waals surface area contributed by atoms with Gasteiger partial charge in [0.25, 0.3) is 5.69 Å². The molecule has 0 amide bonds. The Morgan fingerprint density at radius 2 is 1.62 bits per heavy atom. The van der Waals surface area contributed by atoms with E-state index in [0.29, 0.717) is 36.6 Å². The van der Waals surface area contributed by atoms with Gasteiger partial charge in [-0.25, -0.2) is 4.79 Å². The standard InChI is InChI=1S/C34H38N3O7P/c1-24-30(33(38)39)31(27-14-11-17-29(20-27)37(40)41)32(45(42)43-22-34(3,4)23-44-45)25(2)36(24)19-18-35(28-15-9-6-10-16-28)21-26-12-7-5-8-13-26/h5-17,20,31H,18-19,21-23H2,1-4H3,(H,38,39). The van der Waals surface area contributed by atoms with Gasteiger partial charge in [0, 0.05) is 54.3 Å². The van der Waals surface area contributed by atoms with Crippen molar-refractivity contribution >= 4 is 24.9 Å². The maximum atomic E-state index is 14.6. The Bertz CT molecular complexity index is 1670. The maximum absolute atomic E-state index is 14.6. The van der Waals surface area contributed by atoms with Gasteiger partial charge in [-0.2, -0.15) is 0 Å². The molecule has 1 fully saturated rings. The fourth-order valence-electron chi connectivity index (χ4n) is 5.90. The van der Waals surface area contributed by atoms with E-state index in [2.05, 4.69) is 17.0 Å². The molecular weight excluding hydrogens is 593 g/mol. The van der Waals surface area contributed by atoms with Crippen LogP contribution in [0.5, 0.6) is 0 Å². The summed E-state index contributed by atoms with van der Waals surface area (Å²) in [6.07, 6.45) is 0. The summed E-state index contributed by atoms with van der Waals surface area (Å²) in [7, 11) is -4.03. The average Bonchev–Trinajstić information content (AvgIpc) is 3.02. The molecule has 0 aliphatic carbocycles. The number of non-ortho nitro benzene ring substituents is 1. The van der Waals surface area contributed by atoms with Gasteiger partial charge in [0.15, 0.2) is 0 Å². The van der Waals surface area contributed by atoms with Crippen molar-refractivity contribution in [3.8, 4) is 0 Å². The number of hydrogen-bond donors (Lipinski definition) is 1. The summed E-state index contributed by atoms with van der Waals surface area (Å²) >= 11 is 0. The van der Waals surface area contributed by atoms with Crippen LogP contribution in [0, 0.1) is 15.5 Å². The molecule has 45 heavy (non-hydrogen) atoms. The minimum atomic E-state index is -4.03. The first-order valence-electron chi connectivity index (χ1n) is 14.8. The number of hydrogen-bond acceptors (Lipinski definition) is 8. The van der Waals surface area contributed by atoms with Gasteiger partial charge in [0.1, 0.15) is 0 Å². The van der Waals surface area contributed by atoms with Crippen LogP contribution in [0.2, 0.25) is 0 Å². The van der Waals surface area contributed by atoms with Crippen molar-refractivity contribution in [3.63, 3.8) is 0 Å². The lowest BCUT2D eigenvalue weighted by atomic mass is 9.85. The van der Waals surface area contributed by atoms with Crippen LogP contribution in [0.1, 0.15) is 44.7 Å². The number of allylic oxidation sites excluding steroid dienone is 3. The zero-order chi connectivity index (χ0) is 32.4. The lowest BCUT2D eigenvalue weighted by molar-refractivity contribution is -0.384. The topological polar surface area (TPSA) is 122 Å². The van der Waals surface area contributed by atoms with Crippen LogP contribution in [0.25, 0.3) is 0 Å². The number of nitro groups is 1. The third kappa shape index (κ3) is 6.88. The monoisotopic (exact) mass is 631 g/mol. The molecule has 2 aliphatic rings. The first-order chi connectivity index (χ1) is 21.4.